The van der Waals surface area contributed by atoms with Crippen molar-refractivity contribution in [1.29, 1.82) is 0 Å². The molecule has 148 valence electrons. The summed E-state index contributed by atoms with van der Waals surface area (Å²) in [4.78, 5) is 27.2. The summed E-state index contributed by atoms with van der Waals surface area (Å²) in [5, 5.41) is 8.95. The summed E-state index contributed by atoms with van der Waals surface area (Å²) < 4.78 is 35.1. The second kappa shape index (κ2) is 7.09. The van der Waals surface area contributed by atoms with E-state index in [2.05, 4.69) is 30.5 Å². The smallest absolute Gasteiger partial charge is 0.376 e. The minimum absolute atomic E-state index is 0.0722. The van der Waals surface area contributed by atoms with Crippen molar-refractivity contribution >= 4 is 28.7 Å². The SMILES string of the molecule is O=c1c(NCc2cnoc2)c(Nc2ccc(-c3noc(C(F)(F)Cl)n3)cc2)c1=O. The molecule has 0 unspecified atom stereocenters. The summed E-state index contributed by atoms with van der Waals surface area (Å²) in [7, 11) is 0. The number of halogens is 3. The van der Waals surface area contributed by atoms with Crippen LogP contribution in [0.2, 0.25) is 0 Å². The number of aromatic nitrogens is 3. The molecule has 0 aliphatic rings. The summed E-state index contributed by atoms with van der Waals surface area (Å²) >= 11 is 4.84. The predicted molar refractivity (Wildman–Crippen MR) is 97.9 cm³/mol. The van der Waals surface area contributed by atoms with Gasteiger partial charge in [0.25, 0.3) is 10.9 Å². The summed E-state index contributed by atoms with van der Waals surface area (Å²) in [5.74, 6) is -1.08. The summed E-state index contributed by atoms with van der Waals surface area (Å²) in [6.45, 7) is 0.257. The zero-order valence-electron chi connectivity index (χ0n) is 14.3. The number of rotatable bonds is 7. The normalized spacial score (nSPS) is 11.7. The van der Waals surface area contributed by atoms with E-state index < -0.39 is 22.1 Å². The van der Waals surface area contributed by atoms with Crippen molar-refractivity contribution in [2.24, 2.45) is 0 Å². The monoisotopic (exact) mass is 421 g/mol. The molecule has 0 radical (unpaired) electrons. The van der Waals surface area contributed by atoms with Crippen LogP contribution < -0.4 is 21.5 Å². The first-order chi connectivity index (χ1) is 13.8. The number of hydrogen-bond donors (Lipinski definition) is 2. The average molecular weight is 422 g/mol. The predicted octanol–water partition coefficient (Wildman–Crippen LogP) is 2.96. The third kappa shape index (κ3) is 3.72. The zero-order valence-corrected chi connectivity index (χ0v) is 15.0. The first-order valence-corrected chi connectivity index (χ1v) is 8.44. The van der Waals surface area contributed by atoms with E-state index in [9.17, 15) is 18.4 Å². The zero-order chi connectivity index (χ0) is 20.6. The topological polar surface area (TPSA) is 123 Å². The molecule has 4 aromatic rings. The van der Waals surface area contributed by atoms with Gasteiger partial charge < -0.3 is 19.7 Å². The fourth-order valence-corrected chi connectivity index (χ4v) is 2.56. The Bertz CT molecular complexity index is 1210. The second-order valence-electron chi connectivity index (χ2n) is 5.92. The molecule has 0 atom stereocenters. The lowest BCUT2D eigenvalue weighted by Gasteiger charge is -2.14. The molecule has 0 aliphatic heterocycles. The molecular weight excluding hydrogens is 412 g/mol. The van der Waals surface area contributed by atoms with Gasteiger partial charge in [0.2, 0.25) is 5.82 Å². The van der Waals surface area contributed by atoms with Gasteiger partial charge in [-0.15, -0.1) is 0 Å². The van der Waals surface area contributed by atoms with Gasteiger partial charge in [0.15, 0.2) is 0 Å². The standard InChI is InChI=1S/C17H10ClF2N5O4/c18-17(19,20)16-24-15(25-29-16)9-1-3-10(4-2-9)23-12-11(13(26)14(12)27)21-5-8-6-22-28-7-8/h1-4,6-7,21,23H,5H2. The highest BCUT2D eigenvalue weighted by molar-refractivity contribution is 6.21. The van der Waals surface area contributed by atoms with Crippen molar-refractivity contribution < 1.29 is 17.8 Å². The lowest BCUT2D eigenvalue weighted by atomic mass is 10.1. The quantitative estimate of drug-likeness (QED) is 0.342. The Labute approximate surface area is 165 Å². The highest BCUT2D eigenvalue weighted by atomic mass is 35.5. The summed E-state index contributed by atoms with van der Waals surface area (Å²) in [5.41, 5.74) is 0.545. The molecule has 0 bridgehead atoms. The molecule has 2 aromatic carbocycles. The van der Waals surface area contributed by atoms with Crippen LogP contribution in [0.1, 0.15) is 11.5 Å². The van der Waals surface area contributed by atoms with Gasteiger partial charge in [-0.1, -0.05) is 10.3 Å². The van der Waals surface area contributed by atoms with Gasteiger partial charge >= 0.3 is 11.3 Å². The Morgan fingerprint density at radius 3 is 2.45 bits per heavy atom. The van der Waals surface area contributed by atoms with E-state index in [1.165, 1.54) is 24.6 Å². The van der Waals surface area contributed by atoms with Crippen LogP contribution in [0.15, 0.2) is 55.4 Å². The Kier molecular flexibility index (Phi) is 4.59. The minimum atomic E-state index is -3.76. The molecule has 0 fully saturated rings. The third-order valence-electron chi connectivity index (χ3n) is 3.94. The van der Waals surface area contributed by atoms with Gasteiger partial charge in [-0.3, -0.25) is 9.59 Å². The van der Waals surface area contributed by atoms with Crippen molar-refractivity contribution in [2.45, 2.75) is 11.9 Å². The van der Waals surface area contributed by atoms with E-state index in [1.807, 2.05) is 0 Å². The molecule has 0 saturated heterocycles. The maximum atomic E-state index is 13.0. The molecule has 0 saturated carbocycles. The maximum Gasteiger partial charge on any atom is 0.400 e. The molecule has 2 N–H and O–H groups in total. The van der Waals surface area contributed by atoms with Crippen LogP contribution in [-0.4, -0.2) is 15.3 Å². The average Bonchev–Trinajstić information content (AvgIpc) is 3.39. The first-order valence-electron chi connectivity index (χ1n) is 8.07. The highest BCUT2D eigenvalue weighted by Crippen LogP contribution is 2.32. The lowest BCUT2D eigenvalue weighted by Crippen LogP contribution is -2.36. The van der Waals surface area contributed by atoms with E-state index in [1.54, 1.807) is 12.1 Å². The first kappa shape index (κ1) is 18.7. The van der Waals surface area contributed by atoms with Crippen LogP contribution in [0.4, 0.5) is 25.8 Å². The van der Waals surface area contributed by atoms with Crippen molar-refractivity contribution in [1.82, 2.24) is 15.3 Å². The van der Waals surface area contributed by atoms with Crippen molar-refractivity contribution in [2.75, 3.05) is 10.6 Å². The van der Waals surface area contributed by atoms with Gasteiger partial charge in [0.05, 0.1) is 6.20 Å². The number of alkyl halides is 3. The van der Waals surface area contributed by atoms with Crippen LogP contribution in [0.25, 0.3) is 11.4 Å². The molecule has 0 amide bonds. The van der Waals surface area contributed by atoms with E-state index in [0.717, 1.165) is 0 Å². The van der Waals surface area contributed by atoms with Gasteiger partial charge in [-0.05, 0) is 35.9 Å². The summed E-state index contributed by atoms with van der Waals surface area (Å²) in [6.07, 6.45) is 2.89. The van der Waals surface area contributed by atoms with E-state index >= 15 is 0 Å². The van der Waals surface area contributed by atoms with Gasteiger partial charge in [0, 0.05) is 23.4 Å². The number of nitrogens with one attached hydrogen (secondary N) is 2. The van der Waals surface area contributed by atoms with Crippen molar-refractivity contribution in [3.05, 3.63) is 68.6 Å². The molecule has 29 heavy (non-hydrogen) atoms. The number of benzene rings is 1. The number of nitrogens with zero attached hydrogens (tertiary/aromatic N) is 3. The van der Waals surface area contributed by atoms with Gasteiger partial charge in [0.1, 0.15) is 17.6 Å². The van der Waals surface area contributed by atoms with Crippen LogP contribution in [0.3, 0.4) is 0 Å². The van der Waals surface area contributed by atoms with Crippen LogP contribution in [0.5, 0.6) is 0 Å². The fraction of sp³-hybridized carbons (Fsp3) is 0.118. The molecule has 0 aliphatic carbocycles. The van der Waals surface area contributed by atoms with Gasteiger partial charge in [-0.25, -0.2) is 0 Å². The molecule has 2 aromatic heterocycles. The molecular formula is C17H10ClF2N5O4. The van der Waals surface area contributed by atoms with E-state index in [-0.39, 0.29) is 23.7 Å². The third-order valence-corrected chi connectivity index (χ3v) is 4.11. The Hall–Kier alpha value is -3.60. The fourth-order valence-electron chi connectivity index (χ4n) is 2.49. The molecule has 12 heteroatoms. The Balaban J connectivity index is 1.48. The Morgan fingerprint density at radius 1 is 1.10 bits per heavy atom. The van der Waals surface area contributed by atoms with Crippen LogP contribution in [0, 0.1) is 0 Å². The van der Waals surface area contributed by atoms with Gasteiger partial charge in [-0.2, -0.15) is 13.8 Å². The largest absolute Gasteiger partial charge is 0.400 e. The lowest BCUT2D eigenvalue weighted by molar-refractivity contribution is 0.0551. The van der Waals surface area contributed by atoms with Crippen LogP contribution in [-0.2, 0) is 11.9 Å². The second-order valence-corrected chi connectivity index (χ2v) is 6.39. The van der Waals surface area contributed by atoms with Crippen molar-refractivity contribution in [3.8, 4) is 11.4 Å². The number of anilines is 3. The molecule has 0 spiro atoms. The van der Waals surface area contributed by atoms with Crippen molar-refractivity contribution in [3.63, 3.8) is 0 Å². The maximum absolute atomic E-state index is 13.0. The summed E-state index contributed by atoms with van der Waals surface area (Å²) in [6, 6.07) is 6.17. The Morgan fingerprint density at radius 2 is 1.83 bits per heavy atom. The number of hydrogen-bond acceptors (Lipinski definition) is 9. The molecule has 2 heterocycles. The van der Waals surface area contributed by atoms with E-state index in [0.29, 0.717) is 16.8 Å². The molecule has 4 rings (SSSR count). The minimum Gasteiger partial charge on any atom is -0.376 e. The highest BCUT2D eigenvalue weighted by Gasteiger charge is 2.35. The van der Waals surface area contributed by atoms with E-state index in [4.69, 9.17) is 16.1 Å². The molecule has 9 nitrogen and oxygen atoms in total. The van der Waals surface area contributed by atoms with Crippen LogP contribution >= 0.6 is 11.6 Å².